The maximum Gasteiger partial charge on any atom is 0.200 e. The zero-order valence-corrected chi connectivity index (χ0v) is 13.8. The molecule has 0 aliphatic heterocycles. The molecular weight excluding hydrogens is 301 g/mol. The monoisotopic (exact) mass is 321 g/mol. The third kappa shape index (κ3) is 3.23. The van der Waals surface area contributed by atoms with E-state index in [4.69, 9.17) is 5.73 Å². The Balaban J connectivity index is 2.00. The Morgan fingerprint density at radius 3 is 2.67 bits per heavy atom. The summed E-state index contributed by atoms with van der Waals surface area (Å²) in [6, 6.07) is 18.5. The van der Waals surface area contributed by atoms with Crippen molar-refractivity contribution in [3.8, 4) is 0 Å². The number of nitrogens with zero attached hydrogens (tertiary/aromatic N) is 2. The summed E-state index contributed by atoms with van der Waals surface area (Å²) in [5.74, 6) is 0.0921. The molecule has 2 N–H and O–H groups in total. The minimum Gasteiger partial charge on any atom is -0.369 e. The van der Waals surface area contributed by atoms with Crippen molar-refractivity contribution in [3.05, 3.63) is 72.0 Å². The minimum absolute atomic E-state index is 0.269. The first kappa shape index (κ1) is 16.0. The maximum atomic E-state index is 13.6. The van der Waals surface area contributed by atoms with Gasteiger partial charge in [-0.25, -0.2) is 9.38 Å². The number of benzene rings is 3. The number of halogens is 1. The van der Waals surface area contributed by atoms with E-state index in [9.17, 15) is 4.39 Å². The van der Waals surface area contributed by atoms with Crippen LogP contribution in [0.15, 0.2) is 65.7 Å². The Morgan fingerprint density at radius 2 is 1.88 bits per heavy atom. The van der Waals surface area contributed by atoms with Crippen LogP contribution < -0.4 is 10.6 Å². The second-order valence-electron chi connectivity index (χ2n) is 5.70. The van der Waals surface area contributed by atoms with E-state index in [2.05, 4.69) is 18.0 Å². The van der Waals surface area contributed by atoms with Crippen LogP contribution in [0.25, 0.3) is 10.8 Å². The number of aryl methyl sites for hydroxylation is 1. The van der Waals surface area contributed by atoms with Crippen LogP contribution in [0, 0.1) is 5.82 Å². The number of anilines is 1. The first-order valence-electron chi connectivity index (χ1n) is 7.93. The molecule has 0 aliphatic rings. The molecule has 0 bridgehead atoms. The van der Waals surface area contributed by atoms with Crippen LogP contribution in [0.4, 0.5) is 15.8 Å². The zero-order valence-electron chi connectivity index (χ0n) is 13.8. The van der Waals surface area contributed by atoms with Crippen LogP contribution in [0.3, 0.4) is 0 Å². The number of guanidine groups is 1. The summed E-state index contributed by atoms with van der Waals surface area (Å²) in [5, 5.41) is 1.77. The normalized spacial score (nSPS) is 11.7. The van der Waals surface area contributed by atoms with E-state index in [-0.39, 0.29) is 5.82 Å². The molecule has 4 heteroatoms. The highest BCUT2D eigenvalue weighted by molar-refractivity contribution is 6.04. The van der Waals surface area contributed by atoms with Gasteiger partial charge in [0.05, 0.1) is 11.4 Å². The van der Waals surface area contributed by atoms with Gasteiger partial charge in [0.2, 0.25) is 5.96 Å². The molecule has 122 valence electrons. The van der Waals surface area contributed by atoms with Crippen molar-refractivity contribution in [2.75, 3.05) is 11.9 Å². The largest absolute Gasteiger partial charge is 0.369 e. The molecule has 0 heterocycles. The highest BCUT2D eigenvalue weighted by Gasteiger charge is 2.10. The van der Waals surface area contributed by atoms with Crippen LogP contribution in [-0.4, -0.2) is 13.0 Å². The topological polar surface area (TPSA) is 41.6 Å². The molecule has 3 nitrogen and oxygen atoms in total. The van der Waals surface area contributed by atoms with Crippen LogP contribution >= 0.6 is 0 Å². The molecular formula is C20H20FN3. The predicted octanol–water partition coefficient (Wildman–Crippen LogP) is 4.62. The van der Waals surface area contributed by atoms with Crippen LogP contribution in [-0.2, 0) is 6.42 Å². The Labute approximate surface area is 141 Å². The van der Waals surface area contributed by atoms with Crippen LogP contribution in [0.2, 0.25) is 0 Å². The molecule has 0 aliphatic carbocycles. The molecule has 3 rings (SSSR count). The molecule has 0 fully saturated rings. The lowest BCUT2D eigenvalue weighted by Crippen LogP contribution is -2.33. The standard InChI is InChI=1S/C20H20FN3/c1-3-14-6-4-8-17(12-14)23-20(22)24(2)19-9-5-7-15-10-11-16(21)13-18(15)19/h4-13H,3H2,1-2H3,(H2,22,23). The molecule has 0 radical (unpaired) electrons. The fraction of sp³-hybridized carbons (Fsp3) is 0.150. The Bertz CT molecular complexity index is 902. The zero-order chi connectivity index (χ0) is 17.1. The number of hydrogen-bond acceptors (Lipinski definition) is 1. The molecule has 24 heavy (non-hydrogen) atoms. The summed E-state index contributed by atoms with van der Waals surface area (Å²) in [4.78, 5) is 6.28. The number of nitrogens with two attached hydrogens (primary N) is 1. The van der Waals surface area contributed by atoms with E-state index in [1.807, 2.05) is 43.4 Å². The molecule has 0 saturated heterocycles. The Kier molecular flexibility index (Phi) is 4.47. The average Bonchev–Trinajstić information content (AvgIpc) is 2.60. The number of rotatable bonds is 3. The van der Waals surface area contributed by atoms with E-state index in [0.29, 0.717) is 5.96 Å². The van der Waals surface area contributed by atoms with E-state index >= 15 is 0 Å². The minimum atomic E-state index is -0.269. The van der Waals surface area contributed by atoms with Gasteiger partial charge in [-0.2, -0.15) is 0 Å². The predicted molar refractivity (Wildman–Crippen MR) is 99.4 cm³/mol. The van der Waals surface area contributed by atoms with Crippen molar-refractivity contribution in [2.45, 2.75) is 13.3 Å². The second kappa shape index (κ2) is 6.71. The van der Waals surface area contributed by atoms with Gasteiger partial charge in [-0.3, -0.25) is 0 Å². The van der Waals surface area contributed by atoms with Gasteiger partial charge in [-0.05, 0) is 47.7 Å². The van der Waals surface area contributed by atoms with Gasteiger partial charge >= 0.3 is 0 Å². The van der Waals surface area contributed by atoms with Gasteiger partial charge in [-0.1, -0.05) is 37.3 Å². The van der Waals surface area contributed by atoms with Gasteiger partial charge in [0, 0.05) is 12.4 Å². The summed E-state index contributed by atoms with van der Waals surface area (Å²) in [6.45, 7) is 2.10. The van der Waals surface area contributed by atoms with E-state index in [1.54, 1.807) is 11.0 Å². The Hall–Kier alpha value is -2.88. The van der Waals surface area contributed by atoms with E-state index < -0.39 is 0 Å². The van der Waals surface area contributed by atoms with Crippen molar-refractivity contribution in [3.63, 3.8) is 0 Å². The quantitative estimate of drug-likeness (QED) is 0.565. The maximum absolute atomic E-state index is 13.6. The fourth-order valence-electron chi connectivity index (χ4n) is 2.70. The van der Waals surface area contributed by atoms with E-state index in [1.165, 1.54) is 17.7 Å². The SMILES string of the molecule is CCc1cccc(N=C(N)N(C)c2cccc3ccc(F)cc23)c1. The lowest BCUT2D eigenvalue weighted by atomic mass is 10.1. The van der Waals surface area contributed by atoms with Crippen molar-refractivity contribution in [2.24, 2.45) is 10.7 Å². The van der Waals surface area contributed by atoms with Crippen LogP contribution in [0.5, 0.6) is 0 Å². The van der Waals surface area contributed by atoms with Crippen molar-refractivity contribution >= 4 is 28.1 Å². The summed E-state index contributed by atoms with van der Waals surface area (Å²) >= 11 is 0. The molecule has 0 saturated carbocycles. The smallest absolute Gasteiger partial charge is 0.200 e. The third-order valence-electron chi connectivity index (χ3n) is 4.09. The summed E-state index contributed by atoms with van der Waals surface area (Å²) < 4.78 is 13.6. The number of aliphatic imine (C=N–C) groups is 1. The van der Waals surface area contributed by atoms with Gasteiger partial charge < -0.3 is 10.6 Å². The molecule has 0 spiro atoms. The second-order valence-corrected chi connectivity index (χ2v) is 5.70. The van der Waals surface area contributed by atoms with Gasteiger partial charge in [0.1, 0.15) is 5.82 Å². The first-order valence-corrected chi connectivity index (χ1v) is 7.93. The lowest BCUT2D eigenvalue weighted by molar-refractivity contribution is 0.630. The van der Waals surface area contributed by atoms with Crippen molar-refractivity contribution < 1.29 is 4.39 Å². The summed E-state index contributed by atoms with van der Waals surface area (Å²) in [5.41, 5.74) is 9.02. The van der Waals surface area contributed by atoms with Crippen LogP contribution in [0.1, 0.15) is 12.5 Å². The molecule has 0 aromatic heterocycles. The van der Waals surface area contributed by atoms with Crippen molar-refractivity contribution in [1.29, 1.82) is 0 Å². The lowest BCUT2D eigenvalue weighted by Gasteiger charge is -2.20. The number of fused-ring (bicyclic) bond motifs is 1. The first-order chi connectivity index (χ1) is 11.6. The van der Waals surface area contributed by atoms with Gasteiger partial charge in [0.25, 0.3) is 0 Å². The average molecular weight is 321 g/mol. The summed E-state index contributed by atoms with van der Waals surface area (Å²) in [7, 11) is 1.84. The van der Waals surface area contributed by atoms with Gasteiger partial charge in [-0.15, -0.1) is 0 Å². The molecule has 3 aromatic rings. The molecule has 3 aromatic carbocycles. The highest BCUT2D eigenvalue weighted by Crippen LogP contribution is 2.27. The fourth-order valence-corrected chi connectivity index (χ4v) is 2.70. The highest BCUT2D eigenvalue weighted by atomic mass is 19.1. The van der Waals surface area contributed by atoms with Crippen molar-refractivity contribution in [1.82, 2.24) is 0 Å². The van der Waals surface area contributed by atoms with Gasteiger partial charge in [0.15, 0.2) is 0 Å². The molecule has 0 amide bonds. The Morgan fingerprint density at radius 1 is 1.08 bits per heavy atom. The molecule has 0 unspecified atom stereocenters. The number of hydrogen-bond donors (Lipinski definition) is 1. The molecule has 0 atom stereocenters. The summed E-state index contributed by atoms with van der Waals surface area (Å²) in [6.07, 6.45) is 0.946. The third-order valence-corrected chi connectivity index (χ3v) is 4.09. The van der Waals surface area contributed by atoms with E-state index in [0.717, 1.165) is 28.6 Å².